The summed E-state index contributed by atoms with van der Waals surface area (Å²) in [6.07, 6.45) is 0. The minimum absolute atomic E-state index is 0.168. The van der Waals surface area contributed by atoms with Gasteiger partial charge < -0.3 is 19.3 Å². The summed E-state index contributed by atoms with van der Waals surface area (Å²) in [5, 5.41) is 6.58. The van der Waals surface area contributed by atoms with Crippen molar-refractivity contribution >= 4 is 5.91 Å². The quantitative estimate of drug-likeness (QED) is 0.670. The van der Waals surface area contributed by atoms with Crippen molar-refractivity contribution in [2.24, 2.45) is 0 Å². The fraction of sp³-hybridized carbons (Fsp3) is 0.211. The molecule has 0 aliphatic rings. The number of para-hydroxylation sites is 1. The van der Waals surface area contributed by atoms with Crippen LogP contribution in [0, 0.1) is 0 Å². The normalized spacial score (nSPS) is 10.3. The number of rotatable bonds is 8. The summed E-state index contributed by atoms with van der Waals surface area (Å²) < 4.78 is 16.0. The number of carbonyl (C=O) groups is 1. The molecule has 0 atom stereocenters. The average Bonchev–Trinajstić information content (AvgIpc) is 3.14. The predicted molar refractivity (Wildman–Crippen MR) is 93.9 cm³/mol. The lowest BCUT2D eigenvalue weighted by Crippen LogP contribution is -2.23. The van der Waals surface area contributed by atoms with Crippen LogP contribution in [0.15, 0.2) is 59.1 Å². The monoisotopic (exact) mass is 353 g/mol. The molecule has 0 aliphatic carbocycles. The summed E-state index contributed by atoms with van der Waals surface area (Å²) in [6, 6.07) is 16.3. The number of hydrogen-bond acceptors (Lipinski definition) is 6. The van der Waals surface area contributed by atoms with Crippen LogP contribution < -0.4 is 14.8 Å². The molecule has 1 amide bonds. The van der Waals surface area contributed by atoms with E-state index in [1.54, 1.807) is 24.3 Å². The van der Waals surface area contributed by atoms with Crippen molar-refractivity contribution in [3.05, 3.63) is 71.9 Å². The molecule has 1 heterocycles. The number of nitrogens with zero attached hydrogens (tertiary/aromatic N) is 2. The Bertz CT molecular complexity index is 832. The maximum atomic E-state index is 12.1. The fourth-order valence-corrected chi connectivity index (χ4v) is 2.21. The van der Waals surface area contributed by atoms with Crippen molar-refractivity contribution in [1.29, 1.82) is 0 Å². The molecular formula is C19H19N3O4. The van der Waals surface area contributed by atoms with Gasteiger partial charge in [0.1, 0.15) is 11.5 Å². The third-order valence-corrected chi connectivity index (χ3v) is 3.45. The zero-order valence-electron chi connectivity index (χ0n) is 14.3. The van der Waals surface area contributed by atoms with Gasteiger partial charge >= 0.3 is 0 Å². The highest BCUT2D eigenvalue weighted by molar-refractivity contribution is 5.94. The van der Waals surface area contributed by atoms with Crippen molar-refractivity contribution in [2.75, 3.05) is 6.61 Å². The number of ether oxygens (including phenoxy) is 2. The molecular weight excluding hydrogens is 334 g/mol. The van der Waals surface area contributed by atoms with E-state index in [1.807, 2.05) is 37.3 Å². The minimum atomic E-state index is -0.222. The van der Waals surface area contributed by atoms with Crippen LogP contribution in [-0.2, 0) is 13.2 Å². The highest BCUT2D eigenvalue weighted by Gasteiger charge is 2.10. The second kappa shape index (κ2) is 8.66. The van der Waals surface area contributed by atoms with Gasteiger partial charge in [-0.05, 0) is 43.3 Å². The van der Waals surface area contributed by atoms with Gasteiger partial charge in [0.25, 0.3) is 11.8 Å². The molecule has 3 rings (SSSR count). The van der Waals surface area contributed by atoms with Gasteiger partial charge in [-0.2, -0.15) is 4.98 Å². The standard InChI is InChI=1S/C19H19N3O4/c1-2-24-16-10-8-14(9-11-16)19(23)20-12-17-21-18(26-22-17)13-25-15-6-4-3-5-7-15/h3-11H,2,12-13H2,1H3,(H,20,23). The summed E-state index contributed by atoms with van der Waals surface area (Å²) in [6.45, 7) is 2.83. The lowest BCUT2D eigenvalue weighted by molar-refractivity contribution is 0.0949. The summed E-state index contributed by atoms with van der Waals surface area (Å²) >= 11 is 0. The molecule has 2 aromatic carbocycles. The van der Waals surface area contributed by atoms with Gasteiger partial charge in [-0.1, -0.05) is 23.4 Å². The first kappa shape index (κ1) is 17.5. The summed E-state index contributed by atoms with van der Waals surface area (Å²) in [4.78, 5) is 16.3. The number of amides is 1. The first-order valence-electron chi connectivity index (χ1n) is 8.25. The Labute approximate surface area is 150 Å². The Hall–Kier alpha value is -3.35. The Morgan fingerprint density at radius 3 is 2.50 bits per heavy atom. The molecule has 1 aromatic heterocycles. The summed E-state index contributed by atoms with van der Waals surface area (Å²) in [7, 11) is 0. The molecule has 3 aromatic rings. The zero-order chi connectivity index (χ0) is 18.2. The molecule has 0 spiro atoms. The molecule has 0 bridgehead atoms. The van der Waals surface area contributed by atoms with E-state index in [2.05, 4.69) is 15.5 Å². The highest BCUT2D eigenvalue weighted by atomic mass is 16.5. The van der Waals surface area contributed by atoms with E-state index >= 15 is 0 Å². The molecule has 1 N–H and O–H groups in total. The van der Waals surface area contributed by atoms with E-state index in [0.29, 0.717) is 23.9 Å². The topological polar surface area (TPSA) is 86.5 Å². The molecule has 134 valence electrons. The van der Waals surface area contributed by atoms with Gasteiger partial charge in [0, 0.05) is 5.56 Å². The van der Waals surface area contributed by atoms with Crippen LogP contribution in [0.2, 0.25) is 0 Å². The smallest absolute Gasteiger partial charge is 0.264 e. The first-order chi connectivity index (χ1) is 12.7. The molecule has 0 radical (unpaired) electrons. The number of aromatic nitrogens is 2. The van der Waals surface area contributed by atoms with Crippen LogP contribution in [0.4, 0.5) is 0 Å². The van der Waals surface area contributed by atoms with Gasteiger partial charge in [0.05, 0.1) is 13.2 Å². The second-order valence-corrected chi connectivity index (χ2v) is 5.35. The molecule has 0 aliphatic heterocycles. The van der Waals surface area contributed by atoms with Crippen molar-refractivity contribution in [2.45, 2.75) is 20.1 Å². The van der Waals surface area contributed by atoms with Gasteiger partial charge in [-0.3, -0.25) is 4.79 Å². The largest absolute Gasteiger partial charge is 0.494 e. The Balaban J connectivity index is 1.48. The molecule has 0 unspecified atom stereocenters. The number of carbonyl (C=O) groups excluding carboxylic acids is 1. The van der Waals surface area contributed by atoms with E-state index in [1.165, 1.54) is 0 Å². The van der Waals surface area contributed by atoms with Crippen LogP contribution in [0.5, 0.6) is 11.5 Å². The van der Waals surface area contributed by atoms with Crippen molar-refractivity contribution in [1.82, 2.24) is 15.5 Å². The zero-order valence-corrected chi connectivity index (χ0v) is 14.3. The van der Waals surface area contributed by atoms with Crippen LogP contribution in [0.1, 0.15) is 29.0 Å². The van der Waals surface area contributed by atoms with Gasteiger partial charge in [0.15, 0.2) is 12.4 Å². The Morgan fingerprint density at radius 1 is 1.04 bits per heavy atom. The maximum absolute atomic E-state index is 12.1. The second-order valence-electron chi connectivity index (χ2n) is 5.35. The summed E-state index contributed by atoms with van der Waals surface area (Å²) in [5.41, 5.74) is 0.532. The van der Waals surface area contributed by atoms with Crippen LogP contribution in [-0.4, -0.2) is 22.7 Å². The first-order valence-corrected chi connectivity index (χ1v) is 8.25. The van der Waals surface area contributed by atoms with Crippen LogP contribution >= 0.6 is 0 Å². The van der Waals surface area contributed by atoms with E-state index < -0.39 is 0 Å². The van der Waals surface area contributed by atoms with Gasteiger partial charge in [-0.15, -0.1) is 0 Å². The fourth-order valence-electron chi connectivity index (χ4n) is 2.21. The average molecular weight is 353 g/mol. The Kier molecular flexibility index (Phi) is 5.82. The molecule has 26 heavy (non-hydrogen) atoms. The maximum Gasteiger partial charge on any atom is 0.264 e. The van der Waals surface area contributed by atoms with Gasteiger partial charge in [0.2, 0.25) is 0 Å². The third-order valence-electron chi connectivity index (χ3n) is 3.45. The van der Waals surface area contributed by atoms with Crippen LogP contribution in [0.25, 0.3) is 0 Å². The molecule has 0 saturated heterocycles. The molecule has 7 nitrogen and oxygen atoms in total. The van der Waals surface area contributed by atoms with Gasteiger partial charge in [-0.25, -0.2) is 0 Å². The highest BCUT2D eigenvalue weighted by Crippen LogP contribution is 2.12. The SMILES string of the molecule is CCOc1ccc(C(=O)NCc2noc(COc3ccccc3)n2)cc1. The summed E-state index contributed by atoms with van der Waals surface area (Å²) in [5.74, 6) is 1.95. The van der Waals surface area contributed by atoms with E-state index in [0.717, 1.165) is 11.5 Å². The lowest BCUT2D eigenvalue weighted by atomic mass is 10.2. The minimum Gasteiger partial charge on any atom is -0.494 e. The molecule has 0 fully saturated rings. The number of hydrogen-bond donors (Lipinski definition) is 1. The Morgan fingerprint density at radius 2 is 1.77 bits per heavy atom. The number of nitrogens with one attached hydrogen (secondary N) is 1. The number of benzene rings is 2. The van der Waals surface area contributed by atoms with Crippen LogP contribution in [0.3, 0.4) is 0 Å². The molecule has 7 heteroatoms. The lowest BCUT2D eigenvalue weighted by Gasteiger charge is -2.05. The van der Waals surface area contributed by atoms with Crippen molar-refractivity contribution < 1.29 is 18.8 Å². The van der Waals surface area contributed by atoms with E-state index in [-0.39, 0.29) is 19.1 Å². The third kappa shape index (κ3) is 4.83. The van der Waals surface area contributed by atoms with E-state index in [9.17, 15) is 4.79 Å². The molecule has 0 saturated carbocycles. The van der Waals surface area contributed by atoms with Crippen molar-refractivity contribution in [3.63, 3.8) is 0 Å². The van der Waals surface area contributed by atoms with Crippen molar-refractivity contribution in [3.8, 4) is 11.5 Å². The van der Waals surface area contributed by atoms with E-state index in [4.69, 9.17) is 14.0 Å². The predicted octanol–water partition coefficient (Wildman–Crippen LogP) is 2.98.